The second-order valence-electron chi connectivity index (χ2n) is 4.52. The topological polar surface area (TPSA) is 12.0 Å². The maximum atomic E-state index is 3.64. The van der Waals surface area contributed by atoms with Crippen LogP contribution in [0.15, 0.2) is 35.5 Å². The molecule has 0 bridgehead atoms. The fourth-order valence-corrected chi connectivity index (χ4v) is 3.00. The van der Waals surface area contributed by atoms with Gasteiger partial charge in [-0.2, -0.15) is 0 Å². The van der Waals surface area contributed by atoms with Gasteiger partial charge in [0.1, 0.15) is 0 Å². The van der Waals surface area contributed by atoms with E-state index in [0.717, 1.165) is 5.92 Å². The van der Waals surface area contributed by atoms with Gasteiger partial charge in [-0.05, 0) is 43.4 Å². The van der Waals surface area contributed by atoms with Crippen molar-refractivity contribution in [1.29, 1.82) is 0 Å². The Labute approximate surface area is 85.6 Å². The third-order valence-corrected chi connectivity index (χ3v) is 3.70. The van der Waals surface area contributed by atoms with Crippen LogP contribution in [0.3, 0.4) is 0 Å². The lowest BCUT2D eigenvalue weighted by Crippen LogP contribution is -2.39. The average Bonchev–Trinajstić information content (AvgIpc) is 2.29. The summed E-state index contributed by atoms with van der Waals surface area (Å²) in [4.78, 5) is 0. The van der Waals surface area contributed by atoms with E-state index >= 15 is 0 Å². The third-order valence-electron chi connectivity index (χ3n) is 3.70. The van der Waals surface area contributed by atoms with E-state index in [2.05, 4.69) is 29.6 Å². The van der Waals surface area contributed by atoms with E-state index in [9.17, 15) is 0 Å². The Bertz CT molecular complexity index is 322. The molecular weight excluding hydrogens is 170 g/mol. The van der Waals surface area contributed by atoms with Crippen molar-refractivity contribution in [3.05, 3.63) is 35.5 Å². The zero-order valence-corrected chi connectivity index (χ0v) is 8.50. The highest BCUT2D eigenvalue weighted by Gasteiger charge is 2.29. The Kier molecular flexibility index (Phi) is 2.06. The molecule has 0 aromatic carbocycles. The SMILES string of the molecule is C1=CC2=C3CCCN[C@H]3CC[C@@H]2C=C1. The average molecular weight is 187 g/mol. The normalized spacial score (nSPS) is 35.4. The van der Waals surface area contributed by atoms with Crippen molar-refractivity contribution in [1.82, 2.24) is 5.32 Å². The number of rotatable bonds is 0. The molecule has 1 heterocycles. The zero-order valence-electron chi connectivity index (χ0n) is 8.50. The minimum atomic E-state index is 0.700. The molecule has 1 fully saturated rings. The summed E-state index contributed by atoms with van der Waals surface area (Å²) in [7, 11) is 0. The van der Waals surface area contributed by atoms with E-state index in [0.29, 0.717) is 6.04 Å². The van der Waals surface area contributed by atoms with Crippen LogP contribution < -0.4 is 5.32 Å². The van der Waals surface area contributed by atoms with Crippen LogP contribution >= 0.6 is 0 Å². The van der Waals surface area contributed by atoms with Gasteiger partial charge in [0.25, 0.3) is 0 Å². The van der Waals surface area contributed by atoms with Gasteiger partial charge in [0.15, 0.2) is 0 Å². The maximum absolute atomic E-state index is 3.64. The van der Waals surface area contributed by atoms with E-state index in [1.165, 1.54) is 32.2 Å². The first-order valence-electron chi connectivity index (χ1n) is 5.76. The minimum Gasteiger partial charge on any atom is -0.310 e. The van der Waals surface area contributed by atoms with Crippen molar-refractivity contribution in [2.75, 3.05) is 6.54 Å². The highest BCUT2D eigenvalue weighted by atomic mass is 14.9. The first-order chi connectivity index (χ1) is 6.95. The van der Waals surface area contributed by atoms with E-state index in [1.54, 1.807) is 11.1 Å². The lowest BCUT2D eigenvalue weighted by Gasteiger charge is -2.36. The molecule has 2 aliphatic carbocycles. The summed E-state index contributed by atoms with van der Waals surface area (Å²) in [5.74, 6) is 0.728. The standard InChI is InChI=1S/C13H17N/c1-2-5-11-10(4-1)7-8-13-12(11)6-3-9-14-13/h1-2,4-5,10,13-14H,3,6-9H2/t10-,13-/m0/s1. The summed E-state index contributed by atoms with van der Waals surface area (Å²) in [6.07, 6.45) is 14.4. The highest BCUT2D eigenvalue weighted by Crippen LogP contribution is 2.37. The van der Waals surface area contributed by atoms with E-state index in [1.807, 2.05) is 0 Å². The summed E-state index contributed by atoms with van der Waals surface area (Å²) in [5.41, 5.74) is 3.32. The van der Waals surface area contributed by atoms with Crippen LogP contribution in [-0.4, -0.2) is 12.6 Å². The monoisotopic (exact) mass is 187 g/mol. The van der Waals surface area contributed by atoms with Crippen LogP contribution in [0.1, 0.15) is 25.7 Å². The predicted octanol–water partition coefficient (Wildman–Crippen LogP) is 2.57. The van der Waals surface area contributed by atoms with Crippen molar-refractivity contribution in [2.45, 2.75) is 31.7 Å². The molecule has 1 aliphatic heterocycles. The van der Waals surface area contributed by atoms with Crippen LogP contribution in [0.5, 0.6) is 0 Å². The molecule has 0 saturated carbocycles. The first kappa shape index (κ1) is 8.49. The van der Waals surface area contributed by atoms with Gasteiger partial charge in [0, 0.05) is 12.0 Å². The summed E-state index contributed by atoms with van der Waals surface area (Å²) in [6, 6.07) is 0.700. The fraction of sp³-hybridized carbons (Fsp3) is 0.538. The molecule has 3 aliphatic rings. The van der Waals surface area contributed by atoms with Crippen molar-refractivity contribution in [3.63, 3.8) is 0 Å². The van der Waals surface area contributed by atoms with Crippen LogP contribution in [0.25, 0.3) is 0 Å². The molecule has 3 rings (SSSR count). The second kappa shape index (κ2) is 3.39. The quantitative estimate of drug-likeness (QED) is 0.614. The zero-order chi connectivity index (χ0) is 9.38. The number of hydrogen-bond donors (Lipinski definition) is 1. The molecule has 1 saturated heterocycles. The smallest absolute Gasteiger partial charge is 0.0285 e. The summed E-state index contributed by atoms with van der Waals surface area (Å²) < 4.78 is 0. The Morgan fingerprint density at radius 2 is 2.21 bits per heavy atom. The lowest BCUT2D eigenvalue weighted by molar-refractivity contribution is 0.410. The van der Waals surface area contributed by atoms with Gasteiger partial charge in [0.05, 0.1) is 0 Å². The lowest BCUT2D eigenvalue weighted by atomic mass is 9.75. The number of hydrogen-bond acceptors (Lipinski definition) is 1. The molecule has 0 aromatic heterocycles. The number of nitrogens with one attached hydrogen (secondary N) is 1. The number of fused-ring (bicyclic) bond motifs is 2. The van der Waals surface area contributed by atoms with Gasteiger partial charge in [-0.1, -0.05) is 24.3 Å². The Morgan fingerprint density at radius 1 is 1.21 bits per heavy atom. The van der Waals surface area contributed by atoms with Gasteiger partial charge in [-0.3, -0.25) is 0 Å². The van der Waals surface area contributed by atoms with Crippen LogP contribution in [0, 0.1) is 5.92 Å². The fourth-order valence-electron chi connectivity index (χ4n) is 3.00. The third kappa shape index (κ3) is 1.27. The Morgan fingerprint density at radius 3 is 3.21 bits per heavy atom. The van der Waals surface area contributed by atoms with Gasteiger partial charge in [0.2, 0.25) is 0 Å². The van der Waals surface area contributed by atoms with Crippen molar-refractivity contribution in [3.8, 4) is 0 Å². The summed E-state index contributed by atoms with van der Waals surface area (Å²) >= 11 is 0. The van der Waals surface area contributed by atoms with Gasteiger partial charge >= 0.3 is 0 Å². The maximum Gasteiger partial charge on any atom is 0.0285 e. The molecule has 74 valence electrons. The van der Waals surface area contributed by atoms with E-state index in [4.69, 9.17) is 0 Å². The van der Waals surface area contributed by atoms with Crippen LogP contribution in [0.4, 0.5) is 0 Å². The Hall–Kier alpha value is -0.820. The van der Waals surface area contributed by atoms with Gasteiger partial charge in [-0.15, -0.1) is 0 Å². The molecule has 1 heteroatoms. The van der Waals surface area contributed by atoms with Crippen molar-refractivity contribution < 1.29 is 0 Å². The van der Waals surface area contributed by atoms with E-state index < -0.39 is 0 Å². The molecule has 14 heavy (non-hydrogen) atoms. The number of piperidine rings is 1. The molecular formula is C13H17N. The van der Waals surface area contributed by atoms with Gasteiger partial charge in [-0.25, -0.2) is 0 Å². The largest absolute Gasteiger partial charge is 0.310 e. The molecule has 0 radical (unpaired) electrons. The van der Waals surface area contributed by atoms with Gasteiger partial charge < -0.3 is 5.32 Å². The molecule has 0 amide bonds. The van der Waals surface area contributed by atoms with Crippen molar-refractivity contribution >= 4 is 0 Å². The first-order valence-corrected chi connectivity index (χ1v) is 5.76. The molecule has 1 nitrogen and oxygen atoms in total. The van der Waals surface area contributed by atoms with Crippen molar-refractivity contribution in [2.24, 2.45) is 5.92 Å². The van der Waals surface area contributed by atoms with E-state index in [-0.39, 0.29) is 0 Å². The Balaban J connectivity index is 2.00. The molecule has 1 N–H and O–H groups in total. The van der Waals surface area contributed by atoms with Crippen LogP contribution in [0.2, 0.25) is 0 Å². The molecule has 0 spiro atoms. The second-order valence-corrected chi connectivity index (χ2v) is 4.52. The minimum absolute atomic E-state index is 0.700. The highest BCUT2D eigenvalue weighted by molar-refractivity contribution is 5.41. The predicted molar refractivity (Wildman–Crippen MR) is 59.1 cm³/mol. The molecule has 0 aromatic rings. The molecule has 2 atom stereocenters. The summed E-state index contributed by atoms with van der Waals surface area (Å²) in [6.45, 7) is 1.21. The molecule has 0 unspecified atom stereocenters. The van der Waals surface area contributed by atoms with Crippen LogP contribution in [-0.2, 0) is 0 Å². The number of allylic oxidation sites excluding steroid dienone is 5. The summed E-state index contributed by atoms with van der Waals surface area (Å²) in [5, 5.41) is 3.64.